The van der Waals surface area contributed by atoms with Crippen LogP contribution in [0.5, 0.6) is 5.75 Å². The summed E-state index contributed by atoms with van der Waals surface area (Å²) < 4.78 is 7.38. The van der Waals surface area contributed by atoms with E-state index in [1.807, 2.05) is 30.3 Å². The lowest BCUT2D eigenvalue weighted by atomic mass is 10.1. The minimum atomic E-state index is -0.518. The highest BCUT2D eigenvalue weighted by atomic mass is 79.9. The van der Waals surface area contributed by atoms with E-state index >= 15 is 0 Å². The Hall–Kier alpha value is -1.66. The van der Waals surface area contributed by atoms with Gasteiger partial charge in [-0.1, -0.05) is 48.0 Å². The van der Waals surface area contributed by atoms with Crippen molar-refractivity contribution in [2.45, 2.75) is 26.8 Å². The minimum Gasteiger partial charge on any atom is -0.493 e. The second-order valence-corrected chi connectivity index (χ2v) is 8.41. The molecule has 1 aliphatic heterocycles. The Labute approximate surface area is 169 Å². The van der Waals surface area contributed by atoms with Crippen molar-refractivity contribution >= 4 is 49.2 Å². The van der Waals surface area contributed by atoms with E-state index in [2.05, 4.69) is 45.7 Å². The van der Waals surface area contributed by atoms with Gasteiger partial charge in [-0.2, -0.15) is 0 Å². The number of fused-ring (bicyclic) bond motifs is 1. The minimum absolute atomic E-state index is 0.287. The first-order valence-electron chi connectivity index (χ1n) is 8.44. The fraction of sp³-hybridized carbons (Fsp3) is 0.300. The van der Waals surface area contributed by atoms with Crippen molar-refractivity contribution in [3.8, 4) is 5.75 Å². The number of anilines is 1. The smallest absolute Gasteiger partial charge is 0.299 e. The van der Waals surface area contributed by atoms with Crippen LogP contribution in [0.15, 0.2) is 45.3 Å². The summed E-state index contributed by atoms with van der Waals surface area (Å²) in [6.07, 6.45) is 0.956. The fourth-order valence-corrected chi connectivity index (χ4v) is 4.29. The van der Waals surface area contributed by atoms with Crippen LogP contribution in [-0.2, 0) is 11.3 Å². The van der Waals surface area contributed by atoms with E-state index in [1.54, 1.807) is 6.07 Å². The van der Waals surface area contributed by atoms with E-state index in [-0.39, 0.29) is 6.54 Å². The molecule has 0 saturated heterocycles. The maximum atomic E-state index is 12.5. The van der Waals surface area contributed by atoms with Crippen molar-refractivity contribution in [2.75, 3.05) is 11.5 Å². The molecule has 0 atom stereocenters. The molecule has 2 aromatic carbocycles. The summed E-state index contributed by atoms with van der Waals surface area (Å²) in [6.45, 7) is 5.21. The van der Waals surface area contributed by atoms with Gasteiger partial charge in [-0.05, 0) is 46.5 Å². The first kappa shape index (κ1) is 19.1. The Bertz CT molecular complexity index is 864. The molecule has 0 fully saturated rings. The Balaban J connectivity index is 1.89. The molecule has 0 saturated carbocycles. The third kappa shape index (κ3) is 3.86. The summed E-state index contributed by atoms with van der Waals surface area (Å²) in [6, 6.07) is 11.2. The topological polar surface area (TPSA) is 46.6 Å². The van der Waals surface area contributed by atoms with Gasteiger partial charge in [-0.25, -0.2) is 0 Å². The quantitative estimate of drug-likeness (QED) is 0.522. The molecule has 1 amide bonds. The van der Waals surface area contributed by atoms with Gasteiger partial charge in [-0.3, -0.25) is 14.5 Å². The van der Waals surface area contributed by atoms with Crippen molar-refractivity contribution < 1.29 is 14.3 Å². The maximum absolute atomic E-state index is 12.5. The Morgan fingerprint density at radius 2 is 1.85 bits per heavy atom. The van der Waals surface area contributed by atoms with E-state index in [4.69, 9.17) is 4.74 Å². The standard InChI is InChI=1S/C20H19Br2NO3/c1-12(2)7-8-26-17-6-4-3-5-13(17)11-23-18-15(19(24)20(23)25)9-14(21)10-16(18)22/h3-6,9-10,12H,7-8,11H2,1-2H3. The van der Waals surface area contributed by atoms with Gasteiger partial charge in [0.25, 0.3) is 11.7 Å². The number of hydrogen-bond acceptors (Lipinski definition) is 3. The highest BCUT2D eigenvalue weighted by Gasteiger charge is 2.38. The van der Waals surface area contributed by atoms with Crippen molar-refractivity contribution in [3.05, 3.63) is 56.5 Å². The van der Waals surface area contributed by atoms with E-state index in [0.29, 0.717) is 28.2 Å². The number of amides is 1. The lowest BCUT2D eigenvalue weighted by Gasteiger charge is -2.20. The second-order valence-electron chi connectivity index (χ2n) is 6.64. The monoisotopic (exact) mass is 479 g/mol. The molecule has 2 aromatic rings. The predicted molar refractivity (Wildman–Crippen MR) is 109 cm³/mol. The molecule has 0 unspecified atom stereocenters. The molecule has 0 bridgehead atoms. The average molecular weight is 481 g/mol. The summed E-state index contributed by atoms with van der Waals surface area (Å²) >= 11 is 6.85. The molecule has 0 radical (unpaired) electrons. The zero-order valence-electron chi connectivity index (χ0n) is 14.6. The molecule has 1 aliphatic rings. The van der Waals surface area contributed by atoms with E-state index in [9.17, 15) is 9.59 Å². The molecule has 6 heteroatoms. The number of rotatable bonds is 6. The van der Waals surface area contributed by atoms with Crippen LogP contribution in [0.4, 0.5) is 5.69 Å². The summed E-state index contributed by atoms with van der Waals surface area (Å²) in [5, 5.41) is 0. The van der Waals surface area contributed by atoms with E-state index in [0.717, 1.165) is 22.2 Å². The number of carbonyl (C=O) groups is 2. The Morgan fingerprint density at radius 3 is 2.58 bits per heavy atom. The third-order valence-electron chi connectivity index (χ3n) is 4.24. The van der Waals surface area contributed by atoms with Crippen molar-refractivity contribution in [1.29, 1.82) is 0 Å². The molecule has 0 N–H and O–H groups in total. The summed E-state index contributed by atoms with van der Waals surface area (Å²) in [5.41, 5.74) is 1.90. The van der Waals surface area contributed by atoms with Gasteiger partial charge in [-0.15, -0.1) is 0 Å². The summed E-state index contributed by atoms with van der Waals surface area (Å²) in [7, 11) is 0. The van der Waals surface area contributed by atoms with Crippen LogP contribution < -0.4 is 9.64 Å². The van der Waals surface area contributed by atoms with Crippen LogP contribution in [0.3, 0.4) is 0 Å². The van der Waals surface area contributed by atoms with Gasteiger partial charge in [0.05, 0.1) is 24.4 Å². The van der Waals surface area contributed by atoms with Crippen molar-refractivity contribution in [3.63, 3.8) is 0 Å². The highest BCUT2D eigenvalue weighted by Crippen LogP contribution is 2.40. The van der Waals surface area contributed by atoms with Gasteiger partial charge in [0.2, 0.25) is 0 Å². The molecule has 26 heavy (non-hydrogen) atoms. The van der Waals surface area contributed by atoms with Crippen LogP contribution in [0.2, 0.25) is 0 Å². The van der Waals surface area contributed by atoms with E-state index < -0.39 is 11.7 Å². The number of para-hydroxylation sites is 1. The fourth-order valence-electron chi connectivity index (χ4n) is 2.85. The lowest BCUT2D eigenvalue weighted by molar-refractivity contribution is -0.114. The first-order valence-corrected chi connectivity index (χ1v) is 10.0. The maximum Gasteiger partial charge on any atom is 0.299 e. The zero-order valence-corrected chi connectivity index (χ0v) is 17.8. The highest BCUT2D eigenvalue weighted by molar-refractivity contribution is 9.11. The number of hydrogen-bond donors (Lipinski definition) is 0. The molecule has 136 valence electrons. The molecule has 3 rings (SSSR count). The van der Waals surface area contributed by atoms with Gasteiger partial charge in [0.1, 0.15) is 5.75 Å². The summed E-state index contributed by atoms with van der Waals surface area (Å²) in [5.74, 6) is 0.298. The molecule has 0 aliphatic carbocycles. The molecule has 4 nitrogen and oxygen atoms in total. The Morgan fingerprint density at radius 1 is 1.12 bits per heavy atom. The summed E-state index contributed by atoms with van der Waals surface area (Å²) in [4.78, 5) is 26.4. The number of Topliss-reactive ketones (excluding diaryl/α,β-unsaturated/α-hetero) is 1. The van der Waals surface area contributed by atoms with Gasteiger partial charge in [0.15, 0.2) is 0 Å². The van der Waals surface area contributed by atoms with Crippen LogP contribution in [0.25, 0.3) is 0 Å². The van der Waals surface area contributed by atoms with Crippen LogP contribution in [0.1, 0.15) is 36.2 Å². The number of ketones is 1. The lowest BCUT2D eigenvalue weighted by Crippen LogP contribution is -2.29. The average Bonchev–Trinajstić information content (AvgIpc) is 2.81. The number of nitrogens with zero attached hydrogens (tertiary/aromatic N) is 1. The first-order chi connectivity index (χ1) is 12.4. The molecular weight excluding hydrogens is 462 g/mol. The predicted octanol–water partition coefficient (Wildman–Crippen LogP) is 5.37. The molecule has 0 spiro atoms. The zero-order chi connectivity index (χ0) is 18.8. The number of benzene rings is 2. The van der Waals surface area contributed by atoms with Crippen LogP contribution >= 0.6 is 31.9 Å². The number of ether oxygens (including phenoxy) is 1. The van der Waals surface area contributed by atoms with Gasteiger partial charge < -0.3 is 4.74 Å². The molecule has 1 heterocycles. The second kappa shape index (κ2) is 7.92. The van der Waals surface area contributed by atoms with Crippen LogP contribution in [-0.4, -0.2) is 18.3 Å². The third-order valence-corrected chi connectivity index (χ3v) is 5.30. The number of halogens is 2. The van der Waals surface area contributed by atoms with E-state index in [1.165, 1.54) is 4.90 Å². The molecular formula is C20H19Br2NO3. The SMILES string of the molecule is CC(C)CCOc1ccccc1CN1C(=O)C(=O)c2cc(Br)cc(Br)c21. The van der Waals surface area contributed by atoms with Crippen LogP contribution in [0, 0.1) is 5.92 Å². The Kier molecular flexibility index (Phi) is 5.82. The molecule has 0 aromatic heterocycles. The largest absolute Gasteiger partial charge is 0.493 e. The van der Waals surface area contributed by atoms with Crippen molar-refractivity contribution in [2.24, 2.45) is 5.92 Å². The number of carbonyl (C=O) groups excluding carboxylic acids is 2. The van der Waals surface area contributed by atoms with Gasteiger partial charge in [0, 0.05) is 14.5 Å². The van der Waals surface area contributed by atoms with Gasteiger partial charge >= 0.3 is 0 Å². The normalized spacial score (nSPS) is 13.5. The van der Waals surface area contributed by atoms with Crippen molar-refractivity contribution in [1.82, 2.24) is 0 Å².